The van der Waals surface area contributed by atoms with E-state index < -0.39 is 23.5 Å². The van der Waals surface area contributed by atoms with Gasteiger partial charge >= 0.3 is 0 Å². The maximum Gasteiger partial charge on any atom is 0.262 e. The van der Waals surface area contributed by atoms with E-state index in [9.17, 15) is 19.5 Å². The summed E-state index contributed by atoms with van der Waals surface area (Å²) in [6.45, 7) is 8.11. The van der Waals surface area contributed by atoms with Gasteiger partial charge in [-0.2, -0.15) is 0 Å². The van der Waals surface area contributed by atoms with E-state index in [4.69, 9.17) is 0 Å². The third kappa shape index (κ3) is 3.95. The Labute approximate surface area is 199 Å². The molecule has 7 heteroatoms. The normalized spacial score (nSPS) is 22.6. The second-order valence-electron chi connectivity index (χ2n) is 9.68. The van der Waals surface area contributed by atoms with Crippen LogP contribution in [0.15, 0.2) is 54.7 Å². The molecule has 2 saturated heterocycles. The van der Waals surface area contributed by atoms with Crippen molar-refractivity contribution in [3.8, 4) is 0 Å². The number of hydrogen-bond donors (Lipinski definition) is 2. The van der Waals surface area contributed by atoms with Gasteiger partial charge in [-0.15, -0.1) is 0 Å². The Morgan fingerprint density at radius 2 is 1.71 bits per heavy atom. The van der Waals surface area contributed by atoms with E-state index in [0.29, 0.717) is 36.9 Å². The Balaban J connectivity index is 1.31. The van der Waals surface area contributed by atoms with Crippen LogP contribution in [0.25, 0.3) is 0 Å². The molecule has 0 radical (unpaired) electrons. The molecule has 3 aliphatic heterocycles. The second-order valence-corrected chi connectivity index (χ2v) is 9.68. The first-order chi connectivity index (χ1) is 16.2. The van der Waals surface area contributed by atoms with Crippen molar-refractivity contribution >= 4 is 17.7 Å². The van der Waals surface area contributed by atoms with Gasteiger partial charge in [-0.3, -0.25) is 24.2 Å². The number of piperidine rings is 2. The number of amides is 3. The van der Waals surface area contributed by atoms with Crippen molar-refractivity contribution in [3.63, 3.8) is 0 Å². The highest BCUT2D eigenvalue weighted by atomic mass is 16.3. The molecule has 2 aromatic carbocycles. The lowest BCUT2D eigenvalue weighted by Gasteiger charge is -2.38. The number of likely N-dealkylation sites (tertiary alicyclic amines) is 1. The highest BCUT2D eigenvalue weighted by Crippen LogP contribution is 2.37. The lowest BCUT2D eigenvalue weighted by atomic mass is 9.83. The van der Waals surface area contributed by atoms with Crippen LogP contribution in [0.2, 0.25) is 0 Å². The summed E-state index contributed by atoms with van der Waals surface area (Å²) in [4.78, 5) is 41.9. The van der Waals surface area contributed by atoms with E-state index in [-0.39, 0.29) is 17.0 Å². The summed E-state index contributed by atoms with van der Waals surface area (Å²) in [6, 6.07) is 12.6. The van der Waals surface area contributed by atoms with E-state index in [1.165, 1.54) is 11.1 Å². The maximum absolute atomic E-state index is 13.2. The molecular formula is C27H29N3O4. The van der Waals surface area contributed by atoms with Crippen molar-refractivity contribution in [2.45, 2.75) is 50.8 Å². The summed E-state index contributed by atoms with van der Waals surface area (Å²) >= 11 is 0. The highest BCUT2D eigenvalue weighted by Gasteiger charge is 2.45. The number of hydrogen-bond acceptors (Lipinski definition) is 5. The average molecular weight is 460 g/mol. The summed E-state index contributed by atoms with van der Waals surface area (Å²) in [5.74, 6) is -1.32. The van der Waals surface area contributed by atoms with Gasteiger partial charge in [0.25, 0.3) is 11.8 Å². The third-order valence-corrected chi connectivity index (χ3v) is 7.30. The zero-order valence-electron chi connectivity index (χ0n) is 19.3. The fraction of sp³-hybridized carbons (Fsp3) is 0.370. The van der Waals surface area contributed by atoms with Crippen LogP contribution in [0.4, 0.5) is 0 Å². The molecule has 2 aromatic rings. The van der Waals surface area contributed by atoms with Crippen LogP contribution in [0.1, 0.15) is 63.1 Å². The van der Waals surface area contributed by atoms with Gasteiger partial charge in [0, 0.05) is 25.3 Å². The number of nitrogens with one attached hydrogen (secondary N) is 1. The standard InChI is InChI=1S/C27H29N3O4/c1-17-3-6-19(7-4-17)16-29-13-11-27(34,12-14-29)20-8-9-21-22(15-20)26(33)30(25(21)32)23-10-5-18(2)28-24(23)31/h3-4,6-9,15,23,34H,2,5,10-14,16H2,1H3,(H,28,31). The Morgan fingerprint density at radius 1 is 1.03 bits per heavy atom. The molecule has 0 saturated carbocycles. The lowest BCUT2D eigenvalue weighted by Crippen LogP contribution is -2.51. The summed E-state index contributed by atoms with van der Waals surface area (Å²) in [5, 5.41) is 14.1. The third-order valence-electron chi connectivity index (χ3n) is 7.30. The number of carbonyl (C=O) groups is 3. The van der Waals surface area contributed by atoms with Gasteiger partial charge in [-0.1, -0.05) is 42.5 Å². The highest BCUT2D eigenvalue weighted by molar-refractivity contribution is 6.23. The van der Waals surface area contributed by atoms with Gasteiger partial charge in [0.1, 0.15) is 6.04 Å². The first kappa shape index (κ1) is 22.5. The van der Waals surface area contributed by atoms with Gasteiger partial charge in [0.15, 0.2) is 0 Å². The van der Waals surface area contributed by atoms with E-state index >= 15 is 0 Å². The molecule has 0 spiro atoms. The zero-order chi connectivity index (χ0) is 24.0. The molecule has 176 valence electrons. The number of carbonyl (C=O) groups excluding carboxylic acids is 3. The van der Waals surface area contributed by atoms with E-state index in [1.54, 1.807) is 18.2 Å². The lowest BCUT2D eigenvalue weighted by molar-refractivity contribution is -0.125. The van der Waals surface area contributed by atoms with Gasteiger partial charge in [-0.05, 0) is 55.9 Å². The SMILES string of the molecule is C=C1CCC(N2C(=O)c3ccc(C4(O)CCN(Cc5ccc(C)cc5)CC4)cc3C2=O)C(=O)N1. The monoisotopic (exact) mass is 459 g/mol. The number of rotatable bonds is 4. The van der Waals surface area contributed by atoms with E-state index in [1.807, 2.05) is 0 Å². The summed E-state index contributed by atoms with van der Waals surface area (Å²) in [7, 11) is 0. The quantitative estimate of drug-likeness (QED) is 0.687. The van der Waals surface area contributed by atoms with Gasteiger partial charge < -0.3 is 10.4 Å². The fourth-order valence-corrected chi connectivity index (χ4v) is 5.16. The van der Waals surface area contributed by atoms with E-state index in [0.717, 1.165) is 24.5 Å². The predicted molar refractivity (Wildman–Crippen MR) is 127 cm³/mol. The van der Waals surface area contributed by atoms with Gasteiger partial charge in [0.2, 0.25) is 5.91 Å². The Morgan fingerprint density at radius 3 is 2.38 bits per heavy atom. The molecule has 7 nitrogen and oxygen atoms in total. The molecule has 1 atom stereocenters. The minimum atomic E-state index is -1.06. The fourth-order valence-electron chi connectivity index (χ4n) is 5.16. The zero-order valence-corrected chi connectivity index (χ0v) is 19.3. The molecule has 1 unspecified atom stereocenters. The molecule has 0 aromatic heterocycles. The van der Waals surface area contributed by atoms with Crippen molar-refractivity contribution in [1.82, 2.24) is 15.1 Å². The molecular weight excluding hydrogens is 430 g/mol. The molecule has 3 heterocycles. The minimum Gasteiger partial charge on any atom is -0.385 e. The molecule has 0 bridgehead atoms. The summed E-state index contributed by atoms with van der Waals surface area (Å²) < 4.78 is 0. The first-order valence-corrected chi connectivity index (χ1v) is 11.8. The van der Waals surface area contributed by atoms with E-state index in [2.05, 4.69) is 48.0 Å². The maximum atomic E-state index is 13.2. The molecule has 3 amide bonds. The van der Waals surface area contributed by atoms with Crippen molar-refractivity contribution in [1.29, 1.82) is 0 Å². The van der Waals surface area contributed by atoms with Gasteiger partial charge in [-0.25, -0.2) is 0 Å². The van der Waals surface area contributed by atoms with Crippen LogP contribution in [0.5, 0.6) is 0 Å². The minimum absolute atomic E-state index is 0.259. The van der Waals surface area contributed by atoms with Crippen LogP contribution < -0.4 is 5.32 Å². The number of nitrogens with zero attached hydrogens (tertiary/aromatic N) is 2. The molecule has 34 heavy (non-hydrogen) atoms. The molecule has 5 rings (SSSR count). The first-order valence-electron chi connectivity index (χ1n) is 11.8. The predicted octanol–water partition coefficient (Wildman–Crippen LogP) is 2.87. The van der Waals surface area contributed by atoms with Crippen molar-refractivity contribution in [2.24, 2.45) is 0 Å². The number of imide groups is 1. The van der Waals surface area contributed by atoms with Crippen LogP contribution >= 0.6 is 0 Å². The van der Waals surface area contributed by atoms with Crippen molar-refractivity contribution in [3.05, 3.63) is 82.6 Å². The van der Waals surface area contributed by atoms with Crippen LogP contribution in [-0.4, -0.2) is 51.8 Å². The van der Waals surface area contributed by atoms with Crippen LogP contribution in [-0.2, 0) is 16.9 Å². The molecule has 2 fully saturated rings. The topological polar surface area (TPSA) is 90.0 Å². The average Bonchev–Trinajstić information content (AvgIpc) is 3.07. The van der Waals surface area contributed by atoms with Crippen molar-refractivity contribution < 1.29 is 19.5 Å². The van der Waals surface area contributed by atoms with Crippen LogP contribution in [0.3, 0.4) is 0 Å². The van der Waals surface area contributed by atoms with Crippen LogP contribution in [0, 0.1) is 6.92 Å². The summed E-state index contributed by atoms with van der Waals surface area (Å²) in [6.07, 6.45) is 1.96. The largest absolute Gasteiger partial charge is 0.385 e. The van der Waals surface area contributed by atoms with Crippen molar-refractivity contribution in [2.75, 3.05) is 13.1 Å². The number of allylic oxidation sites excluding steroid dienone is 1. The number of fused-ring (bicyclic) bond motifs is 1. The Kier molecular flexibility index (Phi) is 5.62. The molecule has 3 aliphatic rings. The van der Waals surface area contributed by atoms with Gasteiger partial charge in [0.05, 0.1) is 16.7 Å². The smallest absolute Gasteiger partial charge is 0.262 e. The molecule has 2 N–H and O–H groups in total. The number of benzene rings is 2. The molecule has 0 aliphatic carbocycles. The summed E-state index contributed by atoms with van der Waals surface area (Å²) in [5.41, 5.74) is 3.20. The Hall–Kier alpha value is -3.29. The number of aryl methyl sites for hydroxylation is 1. The number of aliphatic hydroxyl groups is 1. The second kappa shape index (κ2) is 8.49. The Bertz CT molecular complexity index is 1180.